The number of ether oxygens (including phenoxy) is 1. The lowest BCUT2D eigenvalue weighted by atomic mass is 9.75. The minimum Gasteiger partial charge on any atom is -0.497 e. The molecule has 0 N–H and O–H groups in total. The zero-order chi connectivity index (χ0) is 19.3. The minimum atomic E-state index is 0.0640. The molecule has 28 heavy (non-hydrogen) atoms. The molecule has 146 valence electrons. The minimum absolute atomic E-state index is 0.0640. The van der Waals surface area contributed by atoms with Gasteiger partial charge in [-0.2, -0.15) is 0 Å². The molecule has 1 amide bonds. The molecule has 0 radical (unpaired) electrons. The smallest absolute Gasteiger partial charge is 0.257 e. The third-order valence-corrected chi connectivity index (χ3v) is 6.80. The molecule has 0 aliphatic carbocycles. The van der Waals surface area contributed by atoms with Gasteiger partial charge in [0.1, 0.15) is 11.6 Å². The van der Waals surface area contributed by atoms with Crippen molar-refractivity contribution in [3.8, 4) is 5.75 Å². The fraction of sp³-hybridized carbons (Fsp3) is 0.500. The molecule has 3 atom stereocenters. The van der Waals surface area contributed by atoms with Crippen molar-refractivity contribution in [3.05, 3.63) is 53.6 Å². The van der Waals surface area contributed by atoms with E-state index in [1.54, 1.807) is 19.5 Å². The number of amides is 1. The van der Waals surface area contributed by atoms with E-state index < -0.39 is 0 Å². The molecular formula is C22H26N4O2. The van der Waals surface area contributed by atoms with Crippen LogP contribution in [0.15, 0.2) is 36.7 Å². The van der Waals surface area contributed by atoms with Crippen molar-refractivity contribution in [1.29, 1.82) is 0 Å². The van der Waals surface area contributed by atoms with Crippen LogP contribution in [0.3, 0.4) is 0 Å². The van der Waals surface area contributed by atoms with Crippen molar-refractivity contribution in [2.45, 2.75) is 37.8 Å². The third kappa shape index (κ3) is 2.78. The van der Waals surface area contributed by atoms with E-state index in [2.05, 4.69) is 38.0 Å². The van der Waals surface area contributed by atoms with E-state index in [-0.39, 0.29) is 11.9 Å². The maximum absolute atomic E-state index is 13.4. The molecule has 4 saturated heterocycles. The van der Waals surface area contributed by atoms with Crippen molar-refractivity contribution >= 4 is 5.91 Å². The largest absolute Gasteiger partial charge is 0.497 e. The number of benzene rings is 1. The number of rotatable bonds is 3. The van der Waals surface area contributed by atoms with Crippen LogP contribution < -0.4 is 4.74 Å². The number of likely N-dealkylation sites (tertiary alicyclic amines) is 1. The van der Waals surface area contributed by atoms with E-state index in [9.17, 15) is 4.79 Å². The summed E-state index contributed by atoms with van der Waals surface area (Å²) in [5.74, 6) is 2.52. The van der Waals surface area contributed by atoms with Crippen LogP contribution in [0.1, 0.15) is 40.5 Å². The Morgan fingerprint density at radius 3 is 2.61 bits per heavy atom. The highest BCUT2D eigenvalue weighted by Gasteiger charge is 2.54. The molecule has 4 aliphatic rings. The molecule has 0 unspecified atom stereocenters. The maximum Gasteiger partial charge on any atom is 0.257 e. The predicted octanol–water partition coefficient (Wildman–Crippen LogP) is 2.50. The number of carbonyl (C=O) groups excluding carboxylic acids is 1. The average Bonchev–Trinajstić information content (AvgIpc) is 3.18. The highest BCUT2D eigenvalue weighted by molar-refractivity contribution is 5.94. The Morgan fingerprint density at radius 1 is 1.14 bits per heavy atom. The SMILES string of the molecule is COc1cccc([C@H]2CN(C(=O)c3cnc(C)nc3)[C@@H]3C4CCN(CC4)[C@H]23)c1. The molecule has 0 spiro atoms. The lowest BCUT2D eigenvalue weighted by Gasteiger charge is -2.51. The first-order valence-electron chi connectivity index (χ1n) is 10.1. The van der Waals surface area contributed by atoms with Crippen LogP contribution >= 0.6 is 0 Å². The van der Waals surface area contributed by atoms with Crippen molar-refractivity contribution in [3.63, 3.8) is 0 Å². The first-order valence-corrected chi connectivity index (χ1v) is 10.1. The van der Waals surface area contributed by atoms with Gasteiger partial charge in [0.05, 0.1) is 18.7 Å². The number of methoxy groups -OCH3 is 1. The van der Waals surface area contributed by atoms with Crippen LogP contribution in [-0.2, 0) is 0 Å². The average molecular weight is 378 g/mol. The fourth-order valence-corrected chi connectivity index (χ4v) is 5.49. The van der Waals surface area contributed by atoms with Crippen LogP contribution in [0.2, 0.25) is 0 Å². The quantitative estimate of drug-likeness (QED) is 0.821. The lowest BCUT2D eigenvalue weighted by molar-refractivity contribution is -0.00344. The van der Waals surface area contributed by atoms with Crippen LogP contribution in [0.4, 0.5) is 0 Å². The summed E-state index contributed by atoms with van der Waals surface area (Å²) < 4.78 is 5.46. The molecule has 4 aliphatic heterocycles. The molecule has 4 fully saturated rings. The highest BCUT2D eigenvalue weighted by atomic mass is 16.5. The van der Waals surface area contributed by atoms with E-state index in [0.29, 0.717) is 29.3 Å². The Hall–Kier alpha value is -2.47. The van der Waals surface area contributed by atoms with Crippen molar-refractivity contribution in [2.75, 3.05) is 26.7 Å². The van der Waals surface area contributed by atoms with Gasteiger partial charge in [-0.15, -0.1) is 0 Å². The van der Waals surface area contributed by atoms with Gasteiger partial charge in [-0.05, 0) is 56.5 Å². The van der Waals surface area contributed by atoms with Crippen LogP contribution in [0, 0.1) is 12.8 Å². The Balaban J connectivity index is 1.51. The lowest BCUT2D eigenvalue weighted by Crippen LogP contribution is -2.60. The van der Waals surface area contributed by atoms with Crippen LogP contribution in [0.25, 0.3) is 0 Å². The summed E-state index contributed by atoms with van der Waals surface area (Å²) >= 11 is 0. The number of piperidine rings is 3. The fourth-order valence-electron chi connectivity index (χ4n) is 5.49. The topological polar surface area (TPSA) is 58.6 Å². The number of carbonyl (C=O) groups is 1. The summed E-state index contributed by atoms with van der Waals surface area (Å²) in [5.41, 5.74) is 1.85. The van der Waals surface area contributed by atoms with Crippen LogP contribution in [0.5, 0.6) is 5.75 Å². The van der Waals surface area contributed by atoms with Gasteiger partial charge < -0.3 is 9.64 Å². The molecular weight excluding hydrogens is 352 g/mol. The summed E-state index contributed by atoms with van der Waals surface area (Å²) in [5, 5.41) is 0. The third-order valence-electron chi connectivity index (χ3n) is 6.80. The number of hydrogen-bond donors (Lipinski definition) is 0. The summed E-state index contributed by atoms with van der Waals surface area (Å²) in [6.45, 7) is 4.86. The van der Waals surface area contributed by atoms with E-state index >= 15 is 0 Å². The van der Waals surface area contributed by atoms with Gasteiger partial charge >= 0.3 is 0 Å². The summed E-state index contributed by atoms with van der Waals surface area (Å²) in [6.07, 6.45) is 5.69. The number of nitrogens with zero attached hydrogens (tertiary/aromatic N) is 4. The van der Waals surface area contributed by atoms with Gasteiger partial charge in [-0.3, -0.25) is 9.69 Å². The number of hydrogen-bond acceptors (Lipinski definition) is 5. The zero-order valence-electron chi connectivity index (χ0n) is 16.4. The van der Waals surface area contributed by atoms with Gasteiger partial charge in [0.2, 0.25) is 0 Å². The van der Waals surface area contributed by atoms with Crippen molar-refractivity contribution < 1.29 is 9.53 Å². The van der Waals surface area contributed by atoms with Crippen LogP contribution in [-0.4, -0.2) is 64.5 Å². The molecule has 6 rings (SSSR count). The molecule has 6 heteroatoms. The van der Waals surface area contributed by atoms with E-state index in [1.165, 1.54) is 18.4 Å². The van der Waals surface area contributed by atoms with Gasteiger partial charge in [0.15, 0.2) is 0 Å². The summed E-state index contributed by atoms with van der Waals surface area (Å²) in [6, 6.07) is 9.00. The molecule has 6 nitrogen and oxygen atoms in total. The molecule has 2 bridgehead atoms. The summed E-state index contributed by atoms with van der Waals surface area (Å²) in [7, 11) is 1.70. The van der Waals surface area contributed by atoms with E-state index in [0.717, 1.165) is 25.4 Å². The first kappa shape index (κ1) is 17.6. The molecule has 1 aromatic carbocycles. The van der Waals surface area contributed by atoms with Gasteiger partial charge in [0, 0.05) is 30.9 Å². The Morgan fingerprint density at radius 2 is 1.89 bits per heavy atom. The number of fused-ring (bicyclic) bond motifs is 2. The van der Waals surface area contributed by atoms with Gasteiger partial charge in [-0.25, -0.2) is 9.97 Å². The summed E-state index contributed by atoms with van der Waals surface area (Å²) in [4.78, 5) is 26.6. The monoisotopic (exact) mass is 378 g/mol. The number of aryl methyl sites for hydroxylation is 1. The second-order valence-electron chi connectivity index (χ2n) is 8.21. The van der Waals surface area contributed by atoms with Crippen molar-refractivity contribution in [1.82, 2.24) is 19.8 Å². The Bertz CT molecular complexity index is 876. The van der Waals surface area contributed by atoms with Gasteiger partial charge in [-0.1, -0.05) is 12.1 Å². The standard InChI is InChI=1S/C22H26N4O2/c1-14-23-11-17(12-24-14)22(27)26-13-19(16-4-3-5-18(10-16)28-2)21-20(26)15-6-8-25(21)9-7-15/h3-5,10-12,15,19-21H,6-9,13H2,1-2H3/t19-,20-,21-/m1/s1. The molecule has 5 heterocycles. The molecule has 1 aromatic heterocycles. The van der Waals surface area contributed by atoms with E-state index in [4.69, 9.17) is 4.74 Å². The number of aromatic nitrogens is 2. The Labute approximate surface area is 165 Å². The normalized spacial score (nSPS) is 30.9. The highest BCUT2D eigenvalue weighted by Crippen LogP contribution is 2.47. The zero-order valence-corrected chi connectivity index (χ0v) is 16.4. The van der Waals surface area contributed by atoms with E-state index in [1.807, 2.05) is 13.0 Å². The molecule has 0 saturated carbocycles. The Kier molecular flexibility index (Phi) is 4.31. The second-order valence-corrected chi connectivity index (χ2v) is 8.21. The second kappa shape index (κ2) is 6.85. The maximum atomic E-state index is 13.4. The molecule has 2 aromatic rings. The predicted molar refractivity (Wildman–Crippen MR) is 105 cm³/mol. The van der Waals surface area contributed by atoms with Gasteiger partial charge in [0.25, 0.3) is 5.91 Å². The first-order chi connectivity index (χ1) is 13.7. The van der Waals surface area contributed by atoms with Crippen molar-refractivity contribution in [2.24, 2.45) is 5.92 Å².